The van der Waals surface area contributed by atoms with Crippen LogP contribution in [-0.2, 0) is 11.3 Å². The van der Waals surface area contributed by atoms with Crippen LogP contribution in [0.2, 0.25) is 0 Å². The summed E-state index contributed by atoms with van der Waals surface area (Å²) in [5.41, 5.74) is 1.26. The topological polar surface area (TPSA) is 39.7 Å². The molecular weight excluding hydrogens is 286 g/mol. The van der Waals surface area contributed by atoms with Gasteiger partial charge in [0.2, 0.25) is 0 Å². The minimum absolute atomic E-state index is 0.632. The molecule has 0 atom stereocenters. The lowest BCUT2D eigenvalue weighted by Crippen LogP contribution is -2.21. The van der Waals surface area contributed by atoms with Gasteiger partial charge in [-0.05, 0) is 42.7 Å². The Labute approximate surface area is 130 Å². The summed E-state index contributed by atoms with van der Waals surface area (Å²) in [7, 11) is 0. The molecule has 21 heavy (non-hydrogen) atoms. The lowest BCUT2D eigenvalue weighted by atomic mass is 10.2. The van der Waals surface area contributed by atoms with Crippen molar-refractivity contribution in [2.45, 2.75) is 24.3 Å². The fourth-order valence-electron chi connectivity index (χ4n) is 2.34. The molecule has 116 valence electrons. The predicted octanol–water partition coefficient (Wildman–Crippen LogP) is 2.70. The van der Waals surface area contributed by atoms with E-state index in [1.807, 2.05) is 0 Å². The van der Waals surface area contributed by atoms with Gasteiger partial charge < -0.3 is 19.5 Å². The van der Waals surface area contributed by atoms with Crippen molar-refractivity contribution in [3.05, 3.63) is 17.7 Å². The third kappa shape index (κ3) is 4.28. The first-order valence-electron chi connectivity index (χ1n) is 7.62. The quantitative estimate of drug-likeness (QED) is 0.590. The van der Waals surface area contributed by atoms with Gasteiger partial charge >= 0.3 is 0 Å². The molecule has 0 radical (unpaired) electrons. The molecule has 1 fully saturated rings. The van der Waals surface area contributed by atoms with Crippen molar-refractivity contribution in [1.82, 2.24) is 5.32 Å². The normalized spacial score (nSPS) is 17.0. The Hall–Kier alpha value is -0.910. The number of fused-ring (bicyclic) bond motifs is 1. The smallest absolute Gasteiger partial charge is 0.162 e. The summed E-state index contributed by atoms with van der Waals surface area (Å²) in [6.45, 7) is 4.70. The minimum atomic E-state index is 0.632. The summed E-state index contributed by atoms with van der Waals surface area (Å²) in [5, 5.41) is 3.44. The van der Waals surface area contributed by atoms with E-state index in [2.05, 4.69) is 23.7 Å². The van der Waals surface area contributed by atoms with Crippen LogP contribution in [0.3, 0.4) is 0 Å². The molecule has 0 amide bonds. The molecule has 0 saturated heterocycles. The lowest BCUT2D eigenvalue weighted by Gasteiger charge is -2.21. The number of hydrogen-bond acceptors (Lipinski definition) is 5. The standard InChI is InChI=1S/C16H23NO3S/c1-21-16-9-15-14(19-6-7-20-15)8-13(16)10-17-4-5-18-11-12-2-3-12/h8-9,12,17H,2-7,10-11H2,1H3. The van der Waals surface area contributed by atoms with Crippen molar-refractivity contribution in [2.24, 2.45) is 5.92 Å². The van der Waals surface area contributed by atoms with Crippen LogP contribution in [0.4, 0.5) is 0 Å². The molecule has 1 heterocycles. The molecule has 1 aromatic rings. The fourth-order valence-corrected chi connectivity index (χ4v) is 2.96. The first-order valence-corrected chi connectivity index (χ1v) is 8.84. The first kappa shape index (κ1) is 15.0. The molecule has 0 unspecified atom stereocenters. The van der Waals surface area contributed by atoms with E-state index >= 15 is 0 Å². The van der Waals surface area contributed by atoms with Crippen LogP contribution in [0.15, 0.2) is 17.0 Å². The third-order valence-corrected chi connectivity index (χ3v) is 4.55. The van der Waals surface area contributed by atoms with Crippen molar-refractivity contribution in [3.8, 4) is 11.5 Å². The molecule has 0 spiro atoms. The molecule has 0 bridgehead atoms. The zero-order valence-electron chi connectivity index (χ0n) is 12.5. The number of thioether (sulfide) groups is 1. The molecule has 2 aliphatic rings. The zero-order chi connectivity index (χ0) is 14.5. The van der Waals surface area contributed by atoms with Crippen molar-refractivity contribution >= 4 is 11.8 Å². The van der Waals surface area contributed by atoms with Crippen LogP contribution in [0, 0.1) is 5.92 Å². The van der Waals surface area contributed by atoms with Gasteiger partial charge in [0.05, 0.1) is 6.61 Å². The third-order valence-electron chi connectivity index (χ3n) is 3.73. The van der Waals surface area contributed by atoms with E-state index in [4.69, 9.17) is 14.2 Å². The molecule has 1 N–H and O–H groups in total. The average Bonchev–Trinajstić information content (AvgIpc) is 3.34. The Morgan fingerprint density at radius 1 is 1.24 bits per heavy atom. The van der Waals surface area contributed by atoms with Gasteiger partial charge in [0, 0.05) is 24.6 Å². The molecule has 1 aliphatic heterocycles. The average molecular weight is 309 g/mol. The first-order chi connectivity index (χ1) is 10.4. The van der Waals surface area contributed by atoms with Gasteiger partial charge in [0.1, 0.15) is 13.2 Å². The summed E-state index contributed by atoms with van der Waals surface area (Å²) < 4.78 is 16.9. The highest BCUT2D eigenvalue weighted by atomic mass is 32.2. The van der Waals surface area contributed by atoms with E-state index in [1.54, 1.807) is 11.8 Å². The predicted molar refractivity (Wildman–Crippen MR) is 84.5 cm³/mol. The van der Waals surface area contributed by atoms with Gasteiger partial charge in [-0.25, -0.2) is 0 Å². The zero-order valence-corrected chi connectivity index (χ0v) is 13.3. The Kier molecular flexibility index (Phi) is 5.27. The number of ether oxygens (including phenoxy) is 3. The van der Waals surface area contributed by atoms with Crippen LogP contribution >= 0.6 is 11.8 Å². The number of rotatable bonds is 8. The monoisotopic (exact) mass is 309 g/mol. The molecule has 1 saturated carbocycles. The fraction of sp³-hybridized carbons (Fsp3) is 0.625. The second-order valence-electron chi connectivity index (χ2n) is 5.50. The molecule has 1 aromatic carbocycles. The van der Waals surface area contributed by atoms with Crippen LogP contribution in [0.25, 0.3) is 0 Å². The number of benzene rings is 1. The maximum absolute atomic E-state index is 5.66. The second-order valence-corrected chi connectivity index (χ2v) is 6.35. The Morgan fingerprint density at radius 2 is 2.00 bits per heavy atom. The summed E-state index contributed by atoms with van der Waals surface area (Å²) in [5.74, 6) is 2.56. The summed E-state index contributed by atoms with van der Waals surface area (Å²) in [6, 6.07) is 4.18. The van der Waals surface area contributed by atoms with Crippen LogP contribution in [0.5, 0.6) is 11.5 Å². The van der Waals surface area contributed by atoms with Crippen LogP contribution in [-0.4, -0.2) is 39.2 Å². The van der Waals surface area contributed by atoms with Gasteiger partial charge in [-0.1, -0.05) is 0 Å². The molecule has 5 heteroatoms. The maximum Gasteiger partial charge on any atom is 0.162 e. The van der Waals surface area contributed by atoms with Gasteiger partial charge in [0.25, 0.3) is 0 Å². The highest BCUT2D eigenvalue weighted by Crippen LogP contribution is 2.36. The van der Waals surface area contributed by atoms with Gasteiger partial charge in [-0.2, -0.15) is 0 Å². The number of hydrogen-bond donors (Lipinski definition) is 1. The molecule has 4 nitrogen and oxygen atoms in total. The van der Waals surface area contributed by atoms with E-state index in [9.17, 15) is 0 Å². The Bertz CT molecular complexity index is 477. The minimum Gasteiger partial charge on any atom is -0.486 e. The van der Waals surface area contributed by atoms with Gasteiger partial charge in [-0.3, -0.25) is 0 Å². The van der Waals surface area contributed by atoms with Gasteiger partial charge in [-0.15, -0.1) is 11.8 Å². The van der Waals surface area contributed by atoms with Crippen molar-refractivity contribution in [2.75, 3.05) is 39.2 Å². The summed E-state index contributed by atoms with van der Waals surface area (Å²) >= 11 is 1.74. The van der Waals surface area contributed by atoms with Crippen LogP contribution < -0.4 is 14.8 Å². The molecule has 0 aromatic heterocycles. The van der Waals surface area contributed by atoms with E-state index in [0.717, 1.165) is 43.7 Å². The van der Waals surface area contributed by atoms with E-state index < -0.39 is 0 Å². The summed E-state index contributed by atoms with van der Waals surface area (Å²) in [4.78, 5) is 1.24. The van der Waals surface area contributed by atoms with Crippen molar-refractivity contribution in [3.63, 3.8) is 0 Å². The van der Waals surface area contributed by atoms with E-state index in [-0.39, 0.29) is 0 Å². The SMILES string of the molecule is CSc1cc2c(cc1CNCCOCC1CC1)OCCO2. The largest absolute Gasteiger partial charge is 0.486 e. The van der Waals surface area contributed by atoms with E-state index in [1.165, 1.54) is 23.3 Å². The van der Waals surface area contributed by atoms with E-state index in [0.29, 0.717) is 13.2 Å². The Morgan fingerprint density at radius 3 is 2.71 bits per heavy atom. The highest BCUT2D eigenvalue weighted by molar-refractivity contribution is 7.98. The molecular formula is C16H23NO3S. The van der Waals surface area contributed by atoms with Crippen molar-refractivity contribution < 1.29 is 14.2 Å². The maximum atomic E-state index is 5.66. The molecule has 1 aliphatic carbocycles. The second kappa shape index (κ2) is 7.38. The summed E-state index contributed by atoms with van der Waals surface area (Å²) in [6.07, 6.45) is 4.79. The van der Waals surface area contributed by atoms with Gasteiger partial charge in [0.15, 0.2) is 11.5 Å². The Balaban J connectivity index is 1.48. The van der Waals surface area contributed by atoms with Crippen molar-refractivity contribution in [1.29, 1.82) is 0 Å². The highest BCUT2D eigenvalue weighted by Gasteiger charge is 2.20. The van der Waals surface area contributed by atoms with Crippen LogP contribution in [0.1, 0.15) is 18.4 Å². The lowest BCUT2D eigenvalue weighted by molar-refractivity contribution is 0.126. The molecule has 3 rings (SSSR count). The number of nitrogens with one attached hydrogen (secondary N) is 1.